The van der Waals surface area contributed by atoms with Gasteiger partial charge in [0.25, 0.3) is 0 Å². The fourth-order valence-electron chi connectivity index (χ4n) is 5.17. The van der Waals surface area contributed by atoms with Crippen molar-refractivity contribution in [1.82, 2.24) is 9.80 Å². The summed E-state index contributed by atoms with van der Waals surface area (Å²) in [6, 6.07) is 33.2. The molecule has 0 amide bonds. The van der Waals surface area contributed by atoms with Crippen molar-refractivity contribution in [3.8, 4) is 22.3 Å². The van der Waals surface area contributed by atoms with Gasteiger partial charge in [-0.2, -0.15) is 0 Å². The Labute approximate surface area is 198 Å². The molecule has 0 aromatic heterocycles. The van der Waals surface area contributed by atoms with Crippen molar-refractivity contribution in [3.63, 3.8) is 0 Å². The number of nitrogens with zero attached hydrogens (tertiary/aromatic N) is 2. The van der Waals surface area contributed by atoms with Crippen LogP contribution in [-0.4, -0.2) is 30.9 Å². The molecule has 2 nitrogen and oxygen atoms in total. The van der Waals surface area contributed by atoms with E-state index in [4.69, 9.17) is 0 Å². The number of hydrogen-bond donors (Lipinski definition) is 0. The summed E-state index contributed by atoms with van der Waals surface area (Å²) in [4.78, 5) is 4.69. The van der Waals surface area contributed by atoms with E-state index < -0.39 is 0 Å². The second-order valence-electron chi connectivity index (χ2n) is 9.55. The lowest BCUT2D eigenvalue weighted by molar-refractivity contribution is 0.319. The average Bonchev–Trinajstić information content (AvgIpc) is 3.20. The van der Waals surface area contributed by atoms with Gasteiger partial charge in [0.05, 0.1) is 0 Å². The summed E-state index contributed by atoms with van der Waals surface area (Å²) in [5.41, 5.74) is 12.6. The standard InChI is InChI=1S/C31H32N2/c1-32(2)21-27-15-9-17-29-30(27)19-26-14-8-16-28(31(26)29)22-33(3)20-23-10-7-13-25(18-23)24-11-5-4-6-12-24/h4-18H,19-22H2,1-3H3. The molecular formula is C31H32N2. The zero-order valence-corrected chi connectivity index (χ0v) is 19.9. The molecule has 0 saturated heterocycles. The van der Waals surface area contributed by atoms with Crippen LogP contribution >= 0.6 is 0 Å². The quantitative estimate of drug-likeness (QED) is 0.285. The summed E-state index contributed by atoms with van der Waals surface area (Å²) in [6.45, 7) is 2.86. The third kappa shape index (κ3) is 4.64. The molecule has 0 saturated carbocycles. The first kappa shape index (κ1) is 21.6. The Morgan fingerprint density at radius 1 is 0.636 bits per heavy atom. The van der Waals surface area contributed by atoms with E-state index in [1.807, 2.05) is 0 Å². The zero-order chi connectivity index (χ0) is 22.8. The first-order valence-electron chi connectivity index (χ1n) is 11.8. The Hall–Kier alpha value is -3.20. The Bertz CT molecular complexity index is 1260. The van der Waals surface area contributed by atoms with Gasteiger partial charge < -0.3 is 4.90 Å². The van der Waals surface area contributed by atoms with Gasteiger partial charge in [0.2, 0.25) is 0 Å². The largest absolute Gasteiger partial charge is 0.305 e. The van der Waals surface area contributed by atoms with Crippen molar-refractivity contribution in [3.05, 3.63) is 119 Å². The Morgan fingerprint density at radius 3 is 2.18 bits per heavy atom. The molecule has 0 heterocycles. The van der Waals surface area contributed by atoms with Crippen LogP contribution in [0.2, 0.25) is 0 Å². The van der Waals surface area contributed by atoms with Crippen LogP contribution in [0, 0.1) is 0 Å². The predicted molar refractivity (Wildman–Crippen MR) is 139 cm³/mol. The van der Waals surface area contributed by atoms with Crippen LogP contribution in [0.3, 0.4) is 0 Å². The maximum atomic E-state index is 2.43. The van der Waals surface area contributed by atoms with Crippen molar-refractivity contribution in [2.45, 2.75) is 26.1 Å². The minimum Gasteiger partial charge on any atom is -0.305 e. The first-order valence-corrected chi connectivity index (χ1v) is 11.8. The highest BCUT2D eigenvalue weighted by atomic mass is 15.1. The van der Waals surface area contributed by atoms with Crippen LogP contribution in [0.4, 0.5) is 0 Å². The average molecular weight is 433 g/mol. The summed E-state index contributed by atoms with van der Waals surface area (Å²) in [5, 5.41) is 0. The summed E-state index contributed by atoms with van der Waals surface area (Å²) in [7, 11) is 6.52. The maximum absolute atomic E-state index is 2.43. The molecule has 0 spiro atoms. The normalized spacial score (nSPS) is 12.3. The molecule has 4 aromatic rings. The van der Waals surface area contributed by atoms with Crippen LogP contribution < -0.4 is 0 Å². The van der Waals surface area contributed by atoms with E-state index in [2.05, 4.69) is 122 Å². The molecule has 0 N–H and O–H groups in total. The number of hydrogen-bond acceptors (Lipinski definition) is 2. The molecule has 0 unspecified atom stereocenters. The van der Waals surface area contributed by atoms with Gasteiger partial charge in [0.1, 0.15) is 0 Å². The molecule has 1 aliphatic carbocycles. The minimum absolute atomic E-state index is 0.928. The fraction of sp³-hybridized carbons (Fsp3) is 0.226. The SMILES string of the molecule is CN(C)Cc1cccc2c1Cc1cccc(CN(C)Cc3cccc(-c4ccccc4)c3)c1-2. The van der Waals surface area contributed by atoms with Gasteiger partial charge in [0.15, 0.2) is 0 Å². The summed E-state index contributed by atoms with van der Waals surface area (Å²) < 4.78 is 0. The summed E-state index contributed by atoms with van der Waals surface area (Å²) in [6.07, 6.45) is 1.05. The maximum Gasteiger partial charge on any atom is 0.0240 e. The second kappa shape index (κ2) is 9.35. The summed E-state index contributed by atoms with van der Waals surface area (Å²) in [5.74, 6) is 0. The van der Waals surface area contributed by atoms with E-state index in [9.17, 15) is 0 Å². The molecule has 0 fully saturated rings. The van der Waals surface area contributed by atoms with Crippen LogP contribution in [0.25, 0.3) is 22.3 Å². The van der Waals surface area contributed by atoms with Crippen molar-refractivity contribution < 1.29 is 0 Å². The third-order valence-electron chi connectivity index (χ3n) is 6.56. The molecule has 33 heavy (non-hydrogen) atoms. The lowest BCUT2D eigenvalue weighted by Gasteiger charge is -2.20. The van der Waals surface area contributed by atoms with Gasteiger partial charge in [-0.3, -0.25) is 4.90 Å². The minimum atomic E-state index is 0.928. The molecule has 0 bridgehead atoms. The summed E-state index contributed by atoms with van der Waals surface area (Å²) >= 11 is 0. The van der Waals surface area contributed by atoms with E-state index in [1.54, 1.807) is 0 Å². The van der Waals surface area contributed by atoms with Crippen LogP contribution in [0.1, 0.15) is 27.8 Å². The van der Waals surface area contributed by atoms with Gasteiger partial charge in [-0.15, -0.1) is 0 Å². The van der Waals surface area contributed by atoms with Gasteiger partial charge in [0, 0.05) is 19.6 Å². The van der Waals surface area contributed by atoms with E-state index in [0.717, 1.165) is 26.1 Å². The Morgan fingerprint density at radius 2 is 1.36 bits per heavy atom. The Kier molecular flexibility index (Phi) is 6.13. The van der Waals surface area contributed by atoms with E-state index in [-0.39, 0.29) is 0 Å². The topological polar surface area (TPSA) is 6.48 Å². The predicted octanol–water partition coefficient (Wildman–Crippen LogP) is 6.62. The van der Waals surface area contributed by atoms with Crippen LogP contribution in [-0.2, 0) is 26.1 Å². The highest BCUT2D eigenvalue weighted by Gasteiger charge is 2.23. The van der Waals surface area contributed by atoms with E-state index in [0.29, 0.717) is 0 Å². The van der Waals surface area contributed by atoms with E-state index in [1.165, 1.54) is 50.1 Å². The van der Waals surface area contributed by atoms with Gasteiger partial charge >= 0.3 is 0 Å². The van der Waals surface area contributed by atoms with Crippen molar-refractivity contribution >= 4 is 0 Å². The third-order valence-corrected chi connectivity index (χ3v) is 6.56. The van der Waals surface area contributed by atoms with E-state index >= 15 is 0 Å². The van der Waals surface area contributed by atoms with Gasteiger partial charge in [-0.05, 0) is 83.7 Å². The molecule has 0 aliphatic heterocycles. The van der Waals surface area contributed by atoms with Crippen molar-refractivity contribution in [2.75, 3.05) is 21.1 Å². The van der Waals surface area contributed by atoms with Crippen molar-refractivity contribution in [1.29, 1.82) is 0 Å². The molecule has 2 heteroatoms. The molecule has 0 atom stereocenters. The smallest absolute Gasteiger partial charge is 0.0240 e. The highest BCUT2D eigenvalue weighted by molar-refractivity contribution is 5.80. The molecule has 166 valence electrons. The molecule has 1 aliphatic rings. The lowest BCUT2D eigenvalue weighted by Crippen LogP contribution is -2.17. The molecular weight excluding hydrogens is 400 g/mol. The Balaban J connectivity index is 1.38. The van der Waals surface area contributed by atoms with Gasteiger partial charge in [-0.1, -0.05) is 84.9 Å². The molecule has 4 aromatic carbocycles. The number of rotatable bonds is 7. The second-order valence-corrected chi connectivity index (χ2v) is 9.55. The highest BCUT2D eigenvalue weighted by Crippen LogP contribution is 2.41. The number of fused-ring (bicyclic) bond motifs is 3. The zero-order valence-electron chi connectivity index (χ0n) is 19.9. The lowest BCUT2D eigenvalue weighted by atomic mass is 9.97. The number of benzene rings is 4. The fourth-order valence-corrected chi connectivity index (χ4v) is 5.17. The monoisotopic (exact) mass is 432 g/mol. The first-order chi connectivity index (χ1) is 16.1. The molecule has 0 radical (unpaired) electrons. The van der Waals surface area contributed by atoms with Gasteiger partial charge in [-0.25, -0.2) is 0 Å². The van der Waals surface area contributed by atoms with Crippen molar-refractivity contribution in [2.24, 2.45) is 0 Å². The molecule has 5 rings (SSSR count). The van der Waals surface area contributed by atoms with Crippen LogP contribution in [0.15, 0.2) is 91.0 Å². The van der Waals surface area contributed by atoms with Crippen LogP contribution in [0.5, 0.6) is 0 Å².